The van der Waals surface area contributed by atoms with Crippen LogP contribution in [0.5, 0.6) is 0 Å². The smallest absolute Gasteiger partial charge is 0.184 e. The van der Waals surface area contributed by atoms with Crippen LogP contribution in [0.1, 0.15) is 11.1 Å². The second kappa shape index (κ2) is 8.37. The van der Waals surface area contributed by atoms with Crippen LogP contribution in [0.2, 0.25) is 0 Å². The summed E-state index contributed by atoms with van der Waals surface area (Å²) in [5.41, 5.74) is 2.05. The summed E-state index contributed by atoms with van der Waals surface area (Å²) >= 11 is 0. The van der Waals surface area contributed by atoms with Crippen molar-refractivity contribution in [3.63, 3.8) is 0 Å². The topological polar surface area (TPSA) is 68.2 Å². The summed E-state index contributed by atoms with van der Waals surface area (Å²) in [4.78, 5) is 0. The van der Waals surface area contributed by atoms with E-state index in [4.69, 9.17) is 14.2 Å². The van der Waals surface area contributed by atoms with E-state index in [2.05, 4.69) is 0 Å². The monoisotopic (exact) mass is 330 g/mol. The molecule has 128 valence electrons. The van der Waals surface area contributed by atoms with E-state index < -0.39 is 24.6 Å². The molecule has 1 aliphatic rings. The number of aliphatic hydroxyl groups is 2. The molecular weight excluding hydrogens is 308 g/mol. The zero-order valence-corrected chi connectivity index (χ0v) is 13.3. The van der Waals surface area contributed by atoms with Crippen molar-refractivity contribution in [3.8, 4) is 0 Å². The minimum atomic E-state index is -1.25. The predicted molar refractivity (Wildman–Crippen MR) is 88.0 cm³/mol. The van der Waals surface area contributed by atoms with Gasteiger partial charge in [0, 0.05) is 0 Å². The Hall–Kier alpha value is -1.76. The van der Waals surface area contributed by atoms with Gasteiger partial charge in [-0.25, -0.2) is 0 Å². The highest BCUT2D eigenvalue weighted by molar-refractivity contribution is 5.14. The van der Waals surface area contributed by atoms with Crippen molar-refractivity contribution in [2.24, 2.45) is 0 Å². The molecule has 0 amide bonds. The molecule has 1 heterocycles. The molecule has 1 saturated heterocycles. The van der Waals surface area contributed by atoms with E-state index in [1.165, 1.54) is 0 Å². The Morgan fingerprint density at radius 2 is 1.42 bits per heavy atom. The lowest BCUT2D eigenvalue weighted by atomic mass is 10.1. The maximum atomic E-state index is 10.1. The molecular formula is C19H22O5. The van der Waals surface area contributed by atoms with Crippen molar-refractivity contribution in [2.45, 2.75) is 37.8 Å². The van der Waals surface area contributed by atoms with Gasteiger partial charge in [-0.15, -0.1) is 0 Å². The van der Waals surface area contributed by atoms with Crippen LogP contribution in [0.25, 0.3) is 0 Å². The van der Waals surface area contributed by atoms with Crippen molar-refractivity contribution in [2.75, 3.05) is 6.61 Å². The second-order valence-corrected chi connectivity index (χ2v) is 5.82. The van der Waals surface area contributed by atoms with Gasteiger partial charge in [0.05, 0.1) is 19.8 Å². The largest absolute Gasteiger partial charge is 0.385 e. The first-order chi connectivity index (χ1) is 11.7. The Balaban J connectivity index is 1.52. The SMILES string of the molecule is O[C@H]1[C@@H](OCc2ccccc2)[C@@H](COCc2ccccc2)O[C@@H]1O. The van der Waals surface area contributed by atoms with Crippen molar-refractivity contribution >= 4 is 0 Å². The van der Waals surface area contributed by atoms with Crippen LogP contribution in [0.4, 0.5) is 0 Å². The van der Waals surface area contributed by atoms with Gasteiger partial charge in [0.2, 0.25) is 0 Å². The van der Waals surface area contributed by atoms with Crippen molar-refractivity contribution < 1.29 is 24.4 Å². The third kappa shape index (κ3) is 4.41. The first kappa shape index (κ1) is 17.1. The highest BCUT2D eigenvalue weighted by Gasteiger charge is 2.43. The summed E-state index contributed by atoms with van der Waals surface area (Å²) in [7, 11) is 0. The Labute approximate surface area is 141 Å². The molecule has 0 unspecified atom stereocenters. The van der Waals surface area contributed by atoms with E-state index in [0.29, 0.717) is 13.2 Å². The Kier molecular flexibility index (Phi) is 5.96. The molecule has 0 bridgehead atoms. The molecule has 0 spiro atoms. The van der Waals surface area contributed by atoms with Crippen molar-refractivity contribution in [1.82, 2.24) is 0 Å². The number of ether oxygens (including phenoxy) is 3. The lowest BCUT2D eigenvalue weighted by Gasteiger charge is -2.20. The number of hydrogen-bond acceptors (Lipinski definition) is 5. The fourth-order valence-corrected chi connectivity index (χ4v) is 2.69. The number of rotatable bonds is 7. The van der Waals surface area contributed by atoms with Gasteiger partial charge in [-0.3, -0.25) is 0 Å². The molecule has 0 radical (unpaired) electrons. The summed E-state index contributed by atoms with van der Waals surface area (Å²) in [6.45, 7) is 1.02. The van der Waals surface area contributed by atoms with Crippen LogP contribution < -0.4 is 0 Å². The van der Waals surface area contributed by atoms with E-state index in [0.717, 1.165) is 11.1 Å². The lowest BCUT2D eigenvalue weighted by molar-refractivity contribution is -0.137. The Bertz CT molecular complexity index is 604. The van der Waals surface area contributed by atoms with E-state index in [1.54, 1.807) is 0 Å². The summed E-state index contributed by atoms with van der Waals surface area (Å²) in [5.74, 6) is 0. The average Bonchev–Trinajstić information content (AvgIpc) is 2.89. The molecule has 24 heavy (non-hydrogen) atoms. The van der Waals surface area contributed by atoms with Crippen molar-refractivity contribution in [3.05, 3.63) is 71.8 Å². The third-order valence-electron chi connectivity index (χ3n) is 3.99. The number of hydrogen-bond donors (Lipinski definition) is 2. The average molecular weight is 330 g/mol. The van der Waals surface area contributed by atoms with E-state index in [-0.39, 0.29) is 6.61 Å². The quantitative estimate of drug-likeness (QED) is 0.811. The van der Waals surface area contributed by atoms with Crippen LogP contribution in [0.15, 0.2) is 60.7 Å². The first-order valence-electron chi connectivity index (χ1n) is 8.03. The summed E-state index contributed by atoms with van der Waals surface area (Å²) in [6, 6.07) is 19.5. The van der Waals surface area contributed by atoms with Gasteiger partial charge in [-0.05, 0) is 11.1 Å². The lowest BCUT2D eigenvalue weighted by Crippen LogP contribution is -2.37. The molecule has 4 atom stereocenters. The van der Waals surface area contributed by atoms with Gasteiger partial charge in [0.1, 0.15) is 18.3 Å². The predicted octanol–water partition coefficient (Wildman–Crippen LogP) is 1.87. The molecule has 0 saturated carbocycles. The zero-order valence-electron chi connectivity index (χ0n) is 13.3. The van der Waals surface area contributed by atoms with Gasteiger partial charge < -0.3 is 24.4 Å². The van der Waals surface area contributed by atoms with Gasteiger partial charge in [-0.2, -0.15) is 0 Å². The standard InChI is InChI=1S/C19H22O5/c20-17-18(23-12-15-9-5-2-6-10-15)16(24-19(17)21)13-22-11-14-7-3-1-4-8-14/h1-10,16-21H,11-13H2/t16-,17+,18+,19+/m1/s1. The Morgan fingerprint density at radius 1 is 0.833 bits per heavy atom. The van der Waals surface area contributed by atoms with Crippen LogP contribution >= 0.6 is 0 Å². The van der Waals surface area contributed by atoms with Crippen LogP contribution in [-0.4, -0.2) is 41.4 Å². The highest BCUT2D eigenvalue weighted by atomic mass is 16.7. The summed E-state index contributed by atoms with van der Waals surface area (Å²) in [6.07, 6.45) is -3.48. The summed E-state index contributed by atoms with van der Waals surface area (Å²) in [5, 5.41) is 19.8. The van der Waals surface area contributed by atoms with Crippen LogP contribution in [0, 0.1) is 0 Å². The third-order valence-corrected chi connectivity index (χ3v) is 3.99. The molecule has 1 fully saturated rings. The molecule has 0 aromatic heterocycles. The molecule has 2 aromatic rings. The van der Waals surface area contributed by atoms with Crippen LogP contribution in [-0.2, 0) is 27.4 Å². The molecule has 2 aromatic carbocycles. The maximum absolute atomic E-state index is 10.1. The number of benzene rings is 2. The molecule has 1 aliphatic heterocycles. The minimum absolute atomic E-state index is 0.239. The minimum Gasteiger partial charge on any atom is -0.385 e. The van der Waals surface area contributed by atoms with E-state index >= 15 is 0 Å². The molecule has 5 nitrogen and oxygen atoms in total. The highest BCUT2D eigenvalue weighted by Crippen LogP contribution is 2.24. The fourth-order valence-electron chi connectivity index (χ4n) is 2.69. The second-order valence-electron chi connectivity index (χ2n) is 5.82. The Morgan fingerprint density at radius 3 is 2.04 bits per heavy atom. The fraction of sp³-hybridized carbons (Fsp3) is 0.368. The molecule has 3 rings (SSSR count). The van der Waals surface area contributed by atoms with Crippen LogP contribution in [0.3, 0.4) is 0 Å². The van der Waals surface area contributed by atoms with E-state index in [9.17, 15) is 10.2 Å². The van der Waals surface area contributed by atoms with Gasteiger partial charge in [-0.1, -0.05) is 60.7 Å². The van der Waals surface area contributed by atoms with E-state index in [1.807, 2.05) is 60.7 Å². The number of aliphatic hydroxyl groups excluding tert-OH is 2. The first-order valence-corrected chi connectivity index (χ1v) is 8.03. The molecule has 0 aliphatic carbocycles. The normalized spacial score (nSPS) is 26.6. The van der Waals surface area contributed by atoms with Gasteiger partial charge >= 0.3 is 0 Å². The molecule has 2 N–H and O–H groups in total. The maximum Gasteiger partial charge on any atom is 0.184 e. The van der Waals surface area contributed by atoms with Gasteiger partial charge in [0.25, 0.3) is 0 Å². The molecule has 5 heteroatoms. The summed E-state index contributed by atoms with van der Waals surface area (Å²) < 4.78 is 16.8. The van der Waals surface area contributed by atoms with Gasteiger partial charge in [0.15, 0.2) is 6.29 Å². The zero-order chi connectivity index (χ0) is 16.8. The van der Waals surface area contributed by atoms with Crippen molar-refractivity contribution in [1.29, 1.82) is 0 Å².